The van der Waals surface area contributed by atoms with Crippen LogP contribution in [0.15, 0.2) is 33.8 Å². The SMILES string of the molecule is CCOC(=O)C1=C(C)N=C(c2ccc(OCC(C)C)c(C#N)c2)S1=O. The molecule has 1 heterocycles. The Morgan fingerprint density at radius 3 is 2.72 bits per heavy atom. The van der Waals surface area contributed by atoms with Gasteiger partial charge in [0.05, 0.1) is 24.5 Å². The molecule has 0 spiro atoms. The average Bonchev–Trinajstić information content (AvgIpc) is 2.87. The number of ether oxygens (including phenoxy) is 2. The predicted molar refractivity (Wildman–Crippen MR) is 95.5 cm³/mol. The molecule has 6 nitrogen and oxygen atoms in total. The second-order valence-electron chi connectivity index (χ2n) is 5.85. The maximum absolute atomic E-state index is 12.6. The summed E-state index contributed by atoms with van der Waals surface area (Å²) in [5.74, 6) is 0.172. The molecule has 1 aromatic rings. The van der Waals surface area contributed by atoms with Crippen molar-refractivity contribution < 1.29 is 18.5 Å². The highest BCUT2D eigenvalue weighted by atomic mass is 32.2. The van der Waals surface area contributed by atoms with Crippen LogP contribution in [-0.2, 0) is 20.3 Å². The molecule has 0 aromatic heterocycles. The first kappa shape index (κ1) is 18.9. The Balaban J connectivity index is 2.29. The van der Waals surface area contributed by atoms with Gasteiger partial charge in [-0.25, -0.2) is 14.0 Å². The van der Waals surface area contributed by atoms with E-state index in [9.17, 15) is 14.3 Å². The molecule has 25 heavy (non-hydrogen) atoms. The van der Waals surface area contributed by atoms with Gasteiger partial charge in [0.15, 0.2) is 4.91 Å². The zero-order valence-electron chi connectivity index (χ0n) is 14.7. The molecule has 0 aliphatic carbocycles. The summed E-state index contributed by atoms with van der Waals surface area (Å²) in [5, 5.41) is 9.59. The smallest absolute Gasteiger partial charge is 0.349 e. The Morgan fingerprint density at radius 1 is 1.40 bits per heavy atom. The quantitative estimate of drug-likeness (QED) is 0.728. The van der Waals surface area contributed by atoms with Gasteiger partial charge in [-0.2, -0.15) is 5.26 Å². The van der Waals surface area contributed by atoms with Crippen molar-refractivity contribution >= 4 is 21.8 Å². The van der Waals surface area contributed by atoms with Crippen LogP contribution in [0.25, 0.3) is 0 Å². The number of nitriles is 1. The van der Waals surface area contributed by atoms with Crippen LogP contribution in [0.5, 0.6) is 5.75 Å². The van der Waals surface area contributed by atoms with E-state index < -0.39 is 16.8 Å². The first-order valence-corrected chi connectivity index (χ1v) is 9.09. The van der Waals surface area contributed by atoms with E-state index in [0.717, 1.165) is 0 Å². The molecule has 1 unspecified atom stereocenters. The Labute approximate surface area is 149 Å². The lowest BCUT2D eigenvalue weighted by Crippen LogP contribution is -2.15. The minimum Gasteiger partial charge on any atom is -0.492 e. The van der Waals surface area contributed by atoms with Crippen molar-refractivity contribution in [3.8, 4) is 11.8 Å². The van der Waals surface area contributed by atoms with E-state index in [2.05, 4.69) is 11.1 Å². The van der Waals surface area contributed by atoms with Crippen LogP contribution in [0.2, 0.25) is 0 Å². The van der Waals surface area contributed by atoms with Crippen LogP contribution in [0, 0.1) is 17.2 Å². The van der Waals surface area contributed by atoms with Gasteiger partial charge in [-0.15, -0.1) is 0 Å². The van der Waals surface area contributed by atoms with E-state index in [-0.39, 0.29) is 16.6 Å². The first-order chi connectivity index (χ1) is 11.9. The molecule has 132 valence electrons. The van der Waals surface area contributed by atoms with Gasteiger partial charge in [0.2, 0.25) is 0 Å². The highest BCUT2D eigenvalue weighted by Crippen LogP contribution is 2.28. The van der Waals surface area contributed by atoms with Crippen LogP contribution in [-0.4, -0.2) is 28.4 Å². The number of aliphatic imine (C=N–C) groups is 1. The molecular weight excluding hydrogens is 340 g/mol. The van der Waals surface area contributed by atoms with Crippen molar-refractivity contribution in [3.05, 3.63) is 39.9 Å². The molecule has 0 saturated carbocycles. The Kier molecular flexibility index (Phi) is 6.10. The molecular formula is C18H20N2O4S. The topological polar surface area (TPSA) is 88.8 Å². The fourth-order valence-electron chi connectivity index (χ4n) is 2.20. The summed E-state index contributed by atoms with van der Waals surface area (Å²) in [6, 6.07) is 7.01. The monoisotopic (exact) mass is 360 g/mol. The van der Waals surface area contributed by atoms with Crippen LogP contribution >= 0.6 is 0 Å². The van der Waals surface area contributed by atoms with Crippen molar-refractivity contribution in [2.24, 2.45) is 10.9 Å². The first-order valence-electron chi connectivity index (χ1n) is 7.94. The molecule has 0 N–H and O–H groups in total. The predicted octanol–water partition coefficient (Wildman–Crippen LogP) is 2.90. The largest absolute Gasteiger partial charge is 0.492 e. The summed E-state index contributed by atoms with van der Waals surface area (Å²) < 4.78 is 23.2. The summed E-state index contributed by atoms with van der Waals surface area (Å²) >= 11 is 0. The maximum Gasteiger partial charge on any atom is 0.349 e. The van der Waals surface area contributed by atoms with Crippen molar-refractivity contribution in [1.29, 1.82) is 5.26 Å². The van der Waals surface area contributed by atoms with Crippen molar-refractivity contribution in [2.45, 2.75) is 27.7 Å². The van der Waals surface area contributed by atoms with Crippen LogP contribution in [0.4, 0.5) is 0 Å². The molecule has 0 bridgehead atoms. The molecule has 2 rings (SSSR count). The van der Waals surface area contributed by atoms with E-state index in [1.807, 2.05) is 13.8 Å². The molecule has 0 amide bonds. The van der Waals surface area contributed by atoms with Crippen LogP contribution in [0.1, 0.15) is 38.8 Å². The van der Waals surface area contributed by atoms with Crippen molar-refractivity contribution in [2.75, 3.05) is 13.2 Å². The number of carbonyl (C=O) groups is 1. The summed E-state index contributed by atoms with van der Waals surface area (Å²) in [7, 11) is -1.73. The molecule has 1 aromatic carbocycles. The van der Waals surface area contributed by atoms with E-state index >= 15 is 0 Å². The van der Waals surface area contributed by atoms with E-state index in [1.165, 1.54) is 0 Å². The number of hydrogen-bond donors (Lipinski definition) is 0. The van der Waals surface area contributed by atoms with Crippen molar-refractivity contribution in [1.82, 2.24) is 0 Å². The van der Waals surface area contributed by atoms with Gasteiger partial charge >= 0.3 is 5.97 Å². The molecule has 0 saturated heterocycles. The summed E-state index contributed by atoms with van der Waals surface area (Å²) in [5.41, 5.74) is 1.22. The fourth-order valence-corrected chi connectivity index (χ4v) is 3.48. The second-order valence-corrected chi connectivity index (χ2v) is 7.18. The number of allylic oxidation sites excluding steroid dienone is 1. The van der Waals surface area contributed by atoms with Gasteiger partial charge in [-0.1, -0.05) is 13.8 Å². The van der Waals surface area contributed by atoms with Gasteiger partial charge in [-0.3, -0.25) is 0 Å². The maximum atomic E-state index is 12.6. The number of carbonyl (C=O) groups excluding carboxylic acids is 1. The standard InChI is InChI=1S/C18H20N2O4S/c1-5-23-18(21)16-12(4)20-17(25(16)22)13-6-7-15(14(8-13)9-19)24-10-11(2)3/h6-8,11H,5,10H2,1-4H3. The zero-order valence-corrected chi connectivity index (χ0v) is 15.5. The third kappa shape index (κ3) is 4.15. The number of rotatable bonds is 6. The third-order valence-electron chi connectivity index (χ3n) is 3.34. The lowest BCUT2D eigenvalue weighted by molar-refractivity contribution is -0.137. The molecule has 1 atom stereocenters. The molecule has 7 heteroatoms. The van der Waals surface area contributed by atoms with Gasteiger partial charge in [0.25, 0.3) is 0 Å². The summed E-state index contributed by atoms with van der Waals surface area (Å²) in [4.78, 5) is 16.3. The van der Waals surface area contributed by atoms with E-state index in [1.54, 1.807) is 32.0 Å². The number of hydrogen-bond acceptors (Lipinski definition) is 6. The fraction of sp³-hybridized carbons (Fsp3) is 0.389. The Bertz CT molecular complexity index is 819. The average molecular weight is 360 g/mol. The van der Waals surface area contributed by atoms with Gasteiger partial charge < -0.3 is 9.47 Å². The van der Waals surface area contributed by atoms with E-state index in [4.69, 9.17) is 9.47 Å². The van der Waals surface area contributed by atoms with E-state index in [0.29, 0.717) is 35.1 Å². The molecule has 1 aliphatic heterocycles. The Hall–Kier alpha value is -2.46. The molecule has 0 radical (unpaired) electrons. The van der Waals surface area contributed by atoms with Gasteiger partial charge in [0.1, 0.15) is 27.7 Å². The van der Waals surface area contributed by atoms with Crippen molar-refractivity contribution in [3.63, 3.8) is 0 Å². The molecule has 0 fully saturated rings. The number of nitrogens with zero attached hydrogens (tertiary/aromatic N) is 2. The lowest BCUT2D eigenvalue weighted by Gasteiger charge is -2.11. The molecule has 1 aliphatic rings. The minimum absolute atomic E-state index is 0.0514. The second kappa shape index (κ2) is 8.08. The summed E-state index contributed by atoms with van der Waals surface area (Å²) in [6.07, 6.45) is 0. The number of esters is 1. The Morgan fingerprint density at radius 2 is 2.12 bits per heavy atom. The van der Waals surface area contributed by atoms with Gasteiger partial charge in [-0.05, 0) is 38.0 Å². The van der Waals surface area contributed by atoms with Crippen LogP contribution < -0.4 is 4.74 Å². The van der Waals surface area contributed by atoms with Gasteiger partial charge in [0, 0.05) is 5.56 Å². The lowest BCUT2D eigenvalue weighted by atomic mass is 10.1. The van der Waals surface area contributed by atoms with Crippen LogP contribution in [0.3, 0.4) is 0 Å². The minimum atomic E-state index is -1.73. The number of benzene rings is 1. The third-order valence-corrected chi connectivity index (χ3v) is 4.85. The normalized spacial score (nSPS) is 16.6. The highest BCUT2D eigenvalue weighted by molar-refractivity contribution is 8.05. The highest BCUT2D eigenvalue weighted by Gasteiger charge is 2.31. The zero-order chi connectivity index (χ0) is 18.6. The summed E-state index contributed by atoms with van der Waals surface area (Å²) in [6.45, 7) is 8.02.